The van der Waals surface area contributed by atoms with Crippen LogP contribution < -0.4 is 9.80 Å². The molecule has 9 nitrogen and oxygen atoms in total. The van der Waals surface area contributed by atoms with Gasteiger partial charge in [-0.25, -0.2) is 5.06 Å². The van der Waals surface area contributed by atoms with Crippen LogP contribution in [0.2, 0.25) is 0 Å². The smallest absolute Gasteiger partial charge is 0.269 e. The molecule has 0 N–H and O–H groups in total. The van der Waals surface area contributed by atoms with Crippen LogP contribution in [0.4, 0.5) is 11.4 Å². The predicted octanol–water partition coefficient (Wildman–Crippen LogP) is 3.65. The van der Waals surface area contributed by atoms with E-state index in [2.05, 4.69) is 0 Å². The van der Waals surface area contributed by atoms with E-state index in [0.29, 0.717) is 22.6 Å². The number of non-ortho nitro benzene ring substituents is 1. The van der Waals surface area contributed by atoms with Crippen LogP contribution in [0.1, 0.15) is 17.2 Å². The second-order valence-corrected chi connectivity index (χ2v) is 8.08. The van der Waals surface area contributed by atoms with E-state index in [4.69, 9.17) is 9.57 Å². The van der Waals surface area contributed by atoms with Gasteiger partial charge in [0, 0.05) is 17.7 Å². The average molecular weight is 459 g/mol. The molecule has 2 aliphatic heterocycles. The predicted molar refractivity (Wildman–Crippen MR) is 122 cm³/mol. The summed E-state index contributed by atoms with van der Waals surface area (Å²) >= 11 is 0. The molecule has 5 rings (SSSR count). The van der Waals surface area contributed by atoms with E-state index in [9.17, 15) is 19.7 Å². The zero-order chi connectivity index (χ0) is 23.8. The summed E-state index contributed by atoms with van der Waals surface area (Å²) in [5, 5.41) is 12.9. The highest BCUT2D eigenvalue weighted by Crippen LogP contribution is 2.47. The van der Waals surface area contributed by atoms with Gasteiger partial charge in [0.2, 0.25) is 5.91 Å². The summed E-state index contributed by atoms with van der Waals surface area (Å²) in [4.78, 5) is 45.1. The number of nitro groups is 1. The van der Waals surface area contributed by atoms with Crippen molar-refractivity contribution in [2.75, 3.05) is 12.2 Å². The fourth-order valence-electron chi connectivity index (χ4n) is 4.59. The molecule has 3 aromatic carbocycles. The number of fused-ring (bicyclic) bond motifs is 1. The van der Waals surface area contributed by atoms with Crippen LogP contribution in [0.5, 0.6) is 5.75 Å². The molecule has 2 amide bonds. The third-order valence-electron chi connectivity index (χ3n) is 6.16. The molecule has 0 unspecified atom stereocenters. The first-order chi connectivity index (χ1) is 16.5. The van der Waals surface area contributed by atoms with Crippen molar-refractivity contribution in [2.24, 2.45) is 5.92 Å². The first-order valence-electron chi connectivity index (χ1n) is 10.7. The second-order valence-electron chi connectivity index (χ2n) is 8.08. The first kappa shape index (κ1) is 21.6. The zero-order valence-electron chi connectivity index (χ0n) is 18.2. The number of carbonyl (C=O) groups is 2. The summed E-state index contributed by atoms with van der Waals surface area (Å²) in [7, 11) is 1.53. The van der Waals surface area contributed by atoms with Gasteiger partial charge in [0.15, 0.2) is 6.10 Å². The molecule has 9 heteroatoms. The minimum Gasteiger partial charge on any atom is -0.496 e. The molecule has 2 fully saturated rings. The number of hydrogen-bond acceptors (Lipinski definition) is 7. The van der Waals surface area contributed by atoms with Gasteiger partial charge in [0.1, 0.15) is 11.7 Å². The lowest BCUT2D eigenvalue weighted by Gasteiger charge is -2.28. The van der Waals surface area contributed by atoms with E-state index in [0.717, 1.165) is 0 Å². The summed E-state index contributed by atoms with van der Waals surface area (Å²) in [5.41, 5.74) is 1.76. The summed E-state index contributed by atoms with van der Waals surface area (Å²) in [5.74, 6) is -1.13. The number of methoxy groups -OCH3 is 1. The molecule has 0 aliphatic carbocycles. The van der Waals surface area contributed by atoms with Crippen molar-refractivity contribution >= 4 is 23.2 Å². The van der Waals surface area contributed by atoms with Crippen LogP contribution in [0.3, 0.4) is 0 Å². The third kappa shape index (κ3) is 3.56. The standard InChI is InChI=1S/C25H21N3O6/c1-33-20-13-6-5-8-17(20)15-26-24(29)21-22(16-9-7-12-19(14-16)28(31)32)27(34-23(21)25(26)30)18-10-3-2-4-11-18/h2-14,21-23H,15H2,1H3/t21-,22+,23+/m0/s1. The number of ether oxygens (including phenoxy) is 1. The summed E-state index contributed by atoms with van der Waals surface area (Å²) in [6, 6.07) is 21.6. The molecule has 0 aromatic heterocycles. The van der Waals surface area contributed by atoms with Crippen LogP contribution in [-0.4, -0.2) is 34.9 Å². The number of likely N-dealkylation sites (tertiary alicyclic amines) is 1. The van der Waals surface area contributed by atoms with Crippen molar-refractivity contribution in [3.63, 3.8) is 0 Å². The Kier molecular flexibility index (Phi) is 5.46. The second kappa shape index (κ2) is 8.60. The Labute approximate surface area is 195 Å². The summed E-state index contributed by atoms with van der Waals surface area (Å²) in [6.45, 7) is 0.0467. The number of nitro benzene ring substituents is 1. The number of carbonyl (C=O) groups excluding carboxylic acids is 2. The van der Waals surface area contributed by atoms with Gasteiger partial charge in [-0.2, -0.15) is 0 Å². The fraction of sp³-hybridized carbons (Fsp3) is 0.200. The van der Waals surface area contributed by atoms with E-state index in [-0.39, 0.29) is 12.2 Å². The van der Waals surface area contributed by atoms with E-state index < -0.39 is 34.8 Å². The quantitative estimate of drug-likeness (QED) is 0.315. The molecule has 172 valence electrons. The monoisotopic (exact) mass is 459 g/mol. The Bertz CT molecular complexity index is 1260. The highest BCUT2D eigenvalue weighted by atomic mass is 16.7. The summed E-state index contributed by atoms with van der Waals surface area (Å²) in [6.07, 6.45) is -1.04. The van der Waals surface area contributed by atoms with Crippen LogP contribution in [-0.2, 0) is 21.0 Å². The summed E-state index contributed by atoms with van der Waals surface area (Å²) < 4.78 is 5.37. The molecule has 0 radical (unpaired) electrons. The number of rotatable bonds is 6. The van der Waals surface area contributed by atoms with Crippen molar-refractivity contribution in [3.8, 4) is 5.75 Å². The van der Waals surface area contributed by atoms with Crippen LogP contribution >= 0.6 is 0 Å². The van der Waals surface area contributed by atoms with Crippen molar-refractivity contribution in [1.29, 1.82) is 0 Å². The number of para-hydroxylation sites is 2. The Hall–Kier alpha value is -4.24. The van der Waals surface area contributed by atoms with Gasteiger partial charge in [-0.1, -0.05) is 48.5 Å². The lowest BCUT2D eigenvalue weighted by atomic mass is 9.90. The highest BCUT2D eigenvalue weighted by Gasteiger charge is 2.60. The number of anilines is 1. The van der Waals surface area contributed by atoms with E-state index in [1.54, 1.807) is 36.4 Å². The number of nitrogens with zero attached hydrogens (tertiary/aromatic N) is 3. The maximum atomic E-state index is 13.6. The maximum Gasteiger partial charge on any atom is 0.269 e. The minimum atomic E-state index is -1.04. The topological polar surface area (TPSA) is 102 Å². The fourth-order valence-corrected chi connectivity index (χ4v) is 4.59. The van der Waals surface area contributed by atoms with Crippen molar-refractivity contribution < 1.29 is 24.1 Å². The number of hydroxylamine groups is 1. The maximum absolute atomic E-state index is 13.6. The molecular formula is C25H21N3O6. The Morgan fingerprint density at radius 1 is 0.971 bits per heavy atom. The normalized spacial score (nSPS) is 21.6. The molecule has 0 saturated carbocycles. The molecule has 3 atom stereocenters. The Balaban J connectivity index is 1.54. The average Bonchev–Trinajstić information content (AvgIpc) is 3.37. The van der Waals surface area contributed by atoms with Crippen LogP contribution in [0.25, 0.3) is 0 Å². The number of amides is 2. The SMILES string of the molecule is COc1ccccc1CN1C(=O)[C@H]2[C@@H](c3cccc([N+](=O)[O-])c3)N(c3ccccc3)O[C@H]2C1=O. The minimum absolute atomic E-state index is 0.0467. The molecule has 2 saturated heterocycles. The van der Waals surface area contributed by atoms with Gasteiger partial charge in [-0.3, -0.25) is 29.4 Å². The van der Waals surface area contributed by atoms with Gasteiger partial charge < -0.3 is 4.74 Å². The zero-order valence-corrected chi connectivity index (χ0v) is 18.2. The Morgan fingerprint density at radius 3 is 2.44 bits per heavy atom. The number of benzene rings is 3. The lowest BCUT2D eigenvalue weighted by Crippen LogP contribution is -2.37. The van der Waals surface area contributed by atoms with E-state index in [1.807, 2.05) is 30.3 Å². The van der Waals surface area contributed by atoms with Crippen molar-refractivity contribution in [2.45, 2.75) is 18.7 Å². The largest absolute Gasteiger partial charge is 0.496 e. The van der Waals surface area contributed by atoms with Gasteiger partial charge in [-0.15, -0.1) is 0 Å². The van der Waals surface area contributed by atoms with E-state index >= 15 is 0 Å². The molecule has 3 aromatic rings. The van der Waals surface area contributed by atoms with Gasteiger partial charge in [0.05, 0.1) is 30.3 Å². The highest BCUT2D eigenvalue weighted by molar-refractivity contribution is 6.07. The van der Waals surface area contributed by atoms with Crippen molar-refractivity contribution in [1.82, 2.24) is 4.90 Å². The van der Waals surface area contributed by atoms with E-state index in [1.165, 1.54) is 29.2 Å². The Morgan fingerprint density at radius 2 is 1.71 bits per heavy atom. The molecular weight excluding hydrogens is 438 g/mol. The molecule has 2 aliphatic rings. The van der Waals surface area contributed by atoms with Gasteiger partial charge >= 0.3 is 0 Å². The molecule has 34 heavy (non-hydrogen) atoms. The van der Waals surface area contributed by atoms with Crippen molar-refractivity contribution in [3.05, 3.63) is 100 Å². The third-order valence-corrected chi connectivity index (χ3v) is 6.16. The van der Waals surface area contributed by atoms with Crippen LogP contribution in [0, 0.1) is 16.0 Å². The molecule has 0 bridgehead atoms. The lowest BCUT2D eigenvalue weighted by molar-refractivity contribution is -0.384. The molecule has 0 spiro atoms. The number of hydrogen-bond donors (Lipinski definition) is 0. The van der Waals surface area contributed by atoms with Gasteiger partial charge in [0.25, 0.3) is 11.6 Å². The van der Waals surface area contributed by atoms with Crippen LogP contribution in [0.15, 0.2) is 78.9 Å². The first-order valence-corrected chi connectivity index (χ1v) is 10.7. The number of imide groups is 1. The molecule has 2 heterocycles. The van der Waals surface area contributed by atoms with Gasteiger partial charge in [-0.05, 0) is 23.8 Å².